The van der Waals surface area contributed by atoms with E-state index in [1.165, 1.54) is 21.9 Å². The van der Waals surface area contributed by atoms with Crippen LogP contribution in [0.5, 0.6) is 0 Å². The zero-order chi connectivity index (χ0) is 11.9. The Morgan fingerprint density at radius 2 is 1.61 bits per heavy atom. The Bertz CT molecular complexity index is 836. The molecular weight excluding hydrogens is 220 g/mol. The Morgan fingerprint density at radius 3 is 2.61 bits per heavy atom. The molecule has 18 heavy (non-hydrogen) atoms. The summed E-state index contributed by atoms with van der Waals surface area (Å²) in [4.78, 5) is 0. The van der Waals surface area contributed by atoms with E-state index < -0.39 is 0 Å². The van der Waals surface area contributed by atoms with Gasteiger partial charge in [0.05, 0.1) is 6.20 Å². The van der Waals surface area contributed by atoms with Crippen LogP contribution in [-0.2, 0) is 0 Å². The third kappa shape index (κ3) is 1.23. The van der Waals surface area contributed by atoms with Gasteiger partial charge in [0.25, 0.3) is 0 Å². The Labute approximate surface area is 104 Å². The molecule has 0 bridgehead atoms. The van der Waals surface area contributed by atoms with Crippen molar-refractivity contribution >= 4 is 21.7 Å². The standard InChI is InChI=1S/C16H10N2/c1-2-6-13-12(4-1)10-15-14(13)7-3-5-11-8-9-17-18-16(11)15/h1-10H. The Kier molecular flexibility index (Phi) is 1.86. The maximum Gasteiger partial charge on any atom is 0.101 e. The molecule has 0 radical (unpaired) electrons. The summed E-state index contributed by atoms with van der Waals surface area (Å²) in [5.41, 5.74) is 3.37. The van der Waals surface area contributed by atoms with Gasteiger partial charge in [-0.05, 0) is 28.5 Å². The minimum absolute atomic E-state index is 0.966. The lowest BCUT2D eigenvalue weighted by Gasteiger charge is -1.96. The monoisotopic (exact) mass is 230 g/mol. The number of hydrogen-bond acceptors (Lipinski definition) is 2. The average Bonchev–Trinajstić information content (AvgIpc) is 2.69. The van der Waals surface area contributed by atoms with Crippen LogP contribution in [0, 0.1) is 0 Å². The number of hydrogen-bond donors (Lipinski definition) is 0. The van der Waals surface area contributed by atoms with Crippen molar-refractivity contribution < 1.29 is 0 Å². The van der Waals surface area contributed by atoms with Crippen molar-refractivity contribution in [3.63, 3.8) is 0 Å². The smallest absolute Gasteiger partial charge is 0.101 e. The van der Waals surface area contributed by atoms with Gasteiger partial charge in [-0.25, -0.2) is 0 Å². The van der Waals surface area contributed by atoms with Crippen molar-refractivity contribution in [2.75, 3.05) is 0 Å². The van der Waals surface area contributed by atoms with E-state index in [9.17, 15) is 0 Å². The molecule has 1 aromatic heterocycles. The molecule has 0 saturated heterocycles. The summed E-state index contributed by atoms with van der Waals surface area (Å²) in [6.07, 6.45) is 1.73. The van der Waals surface area contributed by atoms with Gasteiger partial charge in [-0.15, -0.1) is 5.10 Å². The summed E-state index contributed by atoms with van der Waals surface area (Å²) in [6, 6.07) is 18.9. The van der Waals surface area contributed by atoms with E-state index >= 15 is 0 Å². The lowest BCUT2D eigenvalue weighted by atomic mass is 10.1. The molecule has 4 rings (SSSR count). The highest BCUT2D eigenvalue weighted by atomic mass is 15.1. The zero-order valence-corrected chi connectivity index (χ0v) is 9.67. The molecule has 0 spiro atoms. The van der Waals surface area contributed by atoms with Crippen molar-refractivity contribution in [1.29, 1.82) is 0 Å². The highest BCUT2D eigenvalue weighted by Gasteiger charge is 2.11. The second kappa shape index (κ2) is 3.50. The van der Waals surface area contributed by atoms with Crippen molar-refractivity contribution in [3.05, 3.63) is 60.8 Å². The molecule has 0 unspecified atom stereocenters. The van der Waals surface area contributed by atoms with Gasteiger partial charge in [0, 0.05) is 10.9 Å². The first-order chi connectivity index (χ1) is 8.93. The molecule has 1 heterocycles. The molecule has 0 atom stereocenters. The van der Waals surface area contributed by atoms with Crippen LogP contribution in [0.25, 0.3) is 32.8 Å². The number of fused-ring (bicyclic) bond motifs is 5. The van der Waals surface area contributed by atoms with Gasteiger partial charge in [-0.1, -0.05) is 42.5 Å². The number of rotatable bonds is 0. The quantitative estimate of drug-likeness (QED) is 0.458. The van der Waals surface area contributed by atoms with Gasteiger partial charge in [-0.2, -0.15) is 5.10 Å². The third-order valence-corrected chi connectivity index (χ3v) is 3.39. The van der Waals surface area contributed by atoms with Gasteiger partial charge in [0.15, 0.2) is 0 Å². The minimum atomic E-state index is 0.966. The lowest BCUT2D eigenvalue weighted by Crippen LogP contribution is -1.81. The molecule has 2 aromatic rings. The van der Waals surface area contributed by atoms with Crippen LogP contribution in [-0.4, -0.2) is 10.2 Å². The van der Waals surface area contributed by atoms with Crippen LogP contribution in [0.15, 0.2) is 60.8 Å². The van der Waals surface area contributed by atoms with Gasteiger partial charge in [0.2, 0.25) is 0 Å². The Hall–Kier alpha value is -2.48. The SMILES string of the molecule is c1ccc2c3cccc4ccnnc4c-3cc2c1. The second-order valence-corrected chi connectivity index (χ2v) is 4.42. The summed E-state index contributed by atoms with van der Waals surface area (Å²) >= 11 is 0. The fraction of sp³-hybridized carbons (Fsp3) is 0. The summed E-state index contributed by atoms with van der Waals surface area (Å²) in [5.74, 6) is 0. The molecule has 84 valence electrons. The van der Waals surface area contributed by atoms with E-state index in [0.29, 0.717) is 0 Å². The topological polar surface area (TPSA) is 25.8 Å². The zero-order valence-electron chi connectivity index (χ0n) is 9.67. The van der Waals surface area contributed by atoms with Crippen molar-refractivity contribution in [1.82, 2.24) is 10.2 Å². The fourth-order valence-corrected chi connectivity index (χ4v) is 2.56. The van der Waals surface area contributed by atoms with Crippen LogP contribution in [0.1, 0.15) is 0 Å². The van der Waals surface area contributed by atoms with E-state index in [4.69, 9.17) is 0 Å². The molecule has 2 nitrogen and oxygen atoms in total. The molecule has 0 fully saturated rings. The van der Waals surface area contributed by atoms with E-state index in [-0.39, 0.29) is 0 Å². The van der Waals surface area contributed by atoms with Gasteiger partial charge < -0.3 is 0 Å². The molecule has 2 aliphatic rings. The van der Waals surface area contributed by atoms with Crippen molar-refractivity contribution in [2.45, 2.75) is 0 Å². The predicted octanol–water partition coefficient (Wildman–Crippen LogP) is 3.89. The van der Waals surface area contributed by atoms with Gasteiger partial charge in [0.1, 0.15) is 5.52 Å². The molecule has 1 aromatic carbocycles. The highest BCUT2D eigenvalue weighted by molar-refractivity contribution is 6.09. The molecule has 0 aliphatic heterocycles. The maximum absolute atomic E-state index is 4.29. The first-order valence-corrected chi connectivity index (χ1v) is 5.95. The maximum atomic E-state index is 4.29. The van der Waals surface area contributed by atoms with Crippen molar-refractivity contribution in [3.8, 4) is 11.1 Å². The second-order valence-electron chi connectivity index (χ2n) is 4.42. The van der Waals surface area contributed by atoms with E-state index in [0.717, 1.165) is 10.9 Å². The molecule has 2 aliphatic carbocycles. The van der Waals surface area contributed by atoms with E-state index in [1.54, 1.807) is 6.20 Å². The number of aromatic nitrogens is 2. The minimum Gasteiger partial charge on any atom is -0.158 e. The van der Waals surface area contributed by atoms with Crippen LogP contribution >= 0.6 is 0 Å². The molecule has 0 saturated carbocycles. The normalized spacial score (nSPS) is 11.3. The number of nitrogens with zero attached hydrogens (tertiary/aromatic N) is 2. The number of benzene rings is 1. The predicted molar refractivity (Wildman–Crippen MR) is 73.7 cm³/mol. The third-order valence-electron chi connectivity index (χ3n) is 3.39. The Balaban J connectivity index is 2.28. The molecule has 0 amide bonds. The highest BCUT2D eigenvalue weighted by Crippen LogP contribution is 2.36. The molecule has 0 N–H and O–H groups in total. The lowest BCUT2D eigenvalue weighted by molar-refractivity contribution is 1.08. The summed E-state index contributed by atoms with van der Waals surface area (Å²) in [6.45, 7) is 0. The van der Waals surface area contributed by atoms with Gasteiger partial charge >= 0.3 is 0 Å². The van der Waals surface area contributed by atoms with Crippen LogP contribution < -0.4 is 0 Å². The molecular formula is C16H10N2. The van der Waals surface area contributed by atoms with E-state index in [1.807, 2.05) is 6.07 Å². The first kappa shape index (κ1) is 9.54. The van der Waals surface area contributed by atoms with Crippen LogP contribution in [0.3, 0.4) is 0 Å². The summed E-state index contributed by atoms with van der Waals surface area (Å²) in [7, 11) is 0. The average molecular weight is 230 g/mol. The summed E-state index contributed by atoms with van der Waals surface area (Å²) in [5, 5.41) is 12.0. The molecule has 2 heteroatoms. The van der Waals surface area contributed by atoms with Gasteiger partial charge in [-0.3, -0.25) is 0 Å². The van der Waals surface area contributed by atoms with Crippen molar-refractivity contribution in [2.24, 2.45) is 0 Å². The van der Waals surface area contributed by atoms with E-state index in [2.05, 4.69) is 58.7 Å². The summed E-state index contributed by atoms with van der Waals surface area (Å²) < 4.78 is 0. The largest absolute Gasteiger partial charge is 0.158 e. The van der Waals surface area contributed by atoms with Crippen LogP contribution in [0.2, 0.25) is 0 Å². The first-order valence-electron chi connectivity index (χ1n) is 5.95. The van der Waals surface area contributed by atoms with Crippen LogP contribution in [0.4, 0.5) is 0 Å². The fourth-order valence-electron chi connectivity index (χ4n) is 2.56. The Morgan fingerprint density at radius 1 is 0.722 bits per heavy atom.